The van der Waals surface area contributed by atoms with Crippen LogP contribution in [0.4, 0.5) is 8.78 Å². The number of halogens is 2. The fraction of sp³-hybridized carbons (Fsp3) is 0.259. The van der Waals surface area contributed by atoms with E-state index in [1.807, 2.05) is 0 Å². The average molecular weight is 532 g/mol. The van der Waals surface area contributed by atoms with Crippen LogP contribution in [0.1, 0.15) is 38.6 Å². The van der Waals surface area contributed by atoms with E-state index in [-0.39, 0.29) is 38.6 Å². The predicted molar refractivity (Wildman–Crippen MR) is 134 cm³/mol. The zero-order chi connectivity index (χ0) is 26.8. The monoisotopic (exact) mass is 531 g/mol. The largest absolute Gasteiger partial charge is 0.460 e. The van der Waals surface area contributed by atoms with Gasteiger partial charge in [0.25, 0.3) is 16.0 Å². The molecule has 1 unspecified atom stereocenters. The summed E-state index contributed by atoms with van der Waals surface area (Å²) in [4.78, 5) is 27.1. The van der Waals surface area contributed by atoms with Crippen molar-refractivity contribution in [2.75, 3.05) is 32.6 Å². The van der Waals surface area contributed by atoms with Gasteiger partial charge in [0.15, 0.2) is 11.6 Å². The molecule has 0 bridgehead atoms. The molecule has 3 aromatic rings. The summed E-state index contributed by atoms with van der Waals surface area (Å²) in [6.07, 6.45) is 1.01. The lowest BCUT2D eigenvalue weighted by Gasteiger charge is -2.28. The number of carbonyl (C=O) groups is 2. The van der Waals surface area contributed by atoms with Gasteiger partial charge in [-0.2, -0.15) is 8.42 Å². The minimum Gasteiger partial charge on any atom is -0.460 e. The number of hydrogen-bond acceptors (Lipinski definition) is 6. The first kappa shape index (κ1) is 27.9. The molecule has 3 rings (SSSR count). The Hall–Kier alpha value is -3.63. The van der Waals surface area contributed by atoms with Gasteiger partial charge in [0.1, 0.15) is 6.61 Å². The van der Waals surface area contributed by atoms with E-state index in [2.05, 4.69) is 0 Å². The fourth-order valence-corrected chi connectivity index (χ4v) is 4.08. The van der Waals surface area contributed by atoms with Crippen molar-refractivity contribution in [3.05, 3.63) is 107 Å². The lowest BCUT2D eigenvalue weighted by Crippen LogP contribution is -2.38. The summed E-state index contributed by atoms with van der Waals surface area (Å²) in [6, 6.07) is 20.2. The molecule has 0 aliphatic heterocycles. The molecule has 0 fully saturated rings. The Bertz CT molecular complexity index is 1300. The number of nitrogens with zero attached hydrogens (tertiary/aromatic N) is 1. The first-order valence-electron chi connectivity index (χ1n) is 11.5. The van der Waals surface area contributed by atoms with Crippen molar-refractivity contribution >= 4 is 22.0 Å². The second kappa shape index (κ2) is 13.1. The van der Waals surface area contributed by atoms with E-state index in [4.69, 9.17) is 8.92 Å². The van der Waals surface area contributed by atoms with Gasteiger partial charge in [0.2, 0.25) is 0 Å². The number of amides is 1. The van der Waals surface area contributed by atoms with E-state index in [1.54, 1.807) is 60.7 Å². The Balaban J connectivity index is 1.81. The molecule has 3 aromatic carbocycles. The summed E-state index contributed by atoms with van der Waals surface area (Å²) in [6.45, 7) is -0.316. The molecule has 7 nitrogen and oxygen atoms in total. The average Bonchev–Trinajstić information content (AvgIpc) is 2.88. The van der Waals surface area contributed by atoms with E-state index in [0.717, 1.165) is 18.4 Å². The minimum absolute atomic E-state index is 0.00874. The molecule has 0 aliphatic rings. The van der Waals surface area contributed by atoms with Gasteiger partial charge in [-0.1, -0.05) is 42.5 Å². The SMILES string of the molecule is CS(=O)(=O)OCCC(CN(CCOC(=O)c1ccccc1)C(=O)c1ccccc1)c1ccc(F)c(F)c1. The van der Waals surface area contributed by atoms with Gasteiger partial charge >= 0.3 is 5.97 Å². The van der Waals surface area contributed by atoms with Gasteiger partial charge < -0.3 is 9.64 Å². The third-order valence-electron chi connectivity index (χ3n) is 5.53. The number of esters is 1. The van der Waals surface area contributed by atoms with Crippen LogP contribution in [0.2, 0.25) is 0 Å². The molecule has 0 radical (unpaired) electrons. The van der Waals surface area contributed by atoms with Crippen LogP contribution in [-0.4, -0.2) is 57.8 Å². The van der Waals surface area contributed by atoms with E-state index in [1.165, 1.54) is 11.0 Å². The zero-order valence-corrected chi connectivity index (χ0v) is 21.0. The van der Waals surface area contributed by atoms with E-state index >= 15 is 0 Å². The van der Waals surface area contributed by atoms with Gasteiger partial charge in [0.05, 0.1) is 25.0 Å². The van der Waals surface area contributed by atoms with Crippen molar-refractivity contribution in [3.63, 3.8) is 0 Å². The highest BCUT2D eigenvalue weighted by Gasteiger charge is 2.23. The summed E-state index contributed by atoms with van der Waals surface area (Å²) < 4.78 is 60.7. The molecule has 37 heavy (non-hydrogen) atoms. The number of rotatable bonds is 12. The molecule has 0 heterocycles. The molecular formula is C27H27F2NO6S. The Labute approximate surface area is 214 Å². The molecule has 10 heteroatoms. The van der Waals surface area contributed by atoms with Crippen LogP contribution in [0, 0.1) is 11.6 Å². The van der Waals surface area contributed by atoms with E-state index < -0.39 is 33.6 Å². The number of carbonyl (C=O) groups excluding carboxylic acids is 2. The van der Waals surface area contributed by atoms with Crippen LogP contribution < -0.4 is 0 Å². The normalized spacial score (nSPS) is 12.1. The fourth-order valence-electron chi connectivity index (χ4n) is 3.68. The maximum absolute atomic E-state index is 14.0. The molecule has 0 saturated carbocycles. The van der Waals surface area contributed by atoms with Crippen LogP contribution in [0.5, 0.6) is 0 Å². The second-order valence-corrected chi connectivity index (χ2v) is 9.95. The highest BCUT2D eigenvalue weighted by Crippen LogP contribution is 2.24. The third-order valence-corrected chi connectivity index (χ3v) is 6.13. The van der Waals surface area contributed by atoms with Crippen LogP contribution in [0.3, 0.4) is 0 Å². The predicted octanol–water partition coefficient (Wildman–Crippen LogP) is 4.41. The standard InChI is InChI=1S/C27H27F2NO6S/c1-37(33,34)36-16-14-23(22-12-13-24(28)25(29)18-22)19-30(26(31)20-8-4-2-5-9-20)15-17-35-27(32)21-10-6-3-7-11-21/h2-13,18,23H,14-17,19H2,1H3. The van der Waals surface area contributed by atoms with Crippen molar-refractivity contribution < 1.29 is 35.7 Å². The quantitative estimate of drug-likeness (QED) is 0.254. The van der Waals surface area contributed by atoms with Crippen LogP contribution in [-0.2, 0) is 19.0 Å². The van der Waals surface area contributed by atoms with Crippen molar-refractivity contribution in [1.29, 1.82) is 0 Å². The van der Waals surface area contributed by atoms with Gasteiger partial charge in [0, 0.05) is 18.0 Å². The van der Waals surface area contributed by atoms with Crippen LogP contribution in [0.15, 0.2) is 78.9 Å². The number of ether oxygens (including phenoxy) is 1. The minimum atomic E-state index is -3.73. The summed E-state index contributed by atoms with van der Waals surface area (Å²) >= 11 is 0. The maximum Gasteiger partial charge on any atom is 0.338 e. The molecular weight excluding hydrogens is 504 g/mol. The lowest BCUT2D eigenvalue weighted by molar-refractivity contribution is 0.0429. The van der Waals surface area contributed by atoms with Crippen LogP contribution >= 0.6 is 0 Å². The molecule has 0 spiro atoms. The van der Waals surface area contributed by atoms with Crippen molar-refractivity contribution in [3.8, 4) is 0 Å². The summed E-state index contributed by atoms with van der Waals surface area (Å²) in [7, 11) is -3.73. The first-order valence-corrected chi connectivity index (χ1v) is 13.3. The molecule has 1 amide bonds. The smallest absolute Gasteiger partial charge is 0.338 e. The van der Waals surface area contributed by atoms with Gasteiger partial charge in [-0.3, -0.25) is 8.98 Å². The highest BCUT2D eigenvalue weighted by atomic mass is 32.2. The summed E-state index contributed by atoms with van der Waals surface area (Å²) in [5, 5.41) is 0. The molecule has 0 aromatic heterocycles. The van der Waals surface area contributed by atoms with Gasteiger partial charge in [-0.15, -0.1) is 0 Å². The first-order chi connectivity index (χ1) is 17.6. The molecule has 1 atom stereocenters. The number of benzene rings is 3. The summed E-state index contributed by atoms with van der Waals surface area (Å²) in [5.41, 5.74) is 1.11. The zero-order valence-electron chi connectivity index (χ0n) is 20.2. The van der Waals surface area contributed by atoms with Crippen molar-refractivity contribution in [1.82, 2.24) is 4.90 Å². The van der Waals surface area contributed by atoms with Gasteiger partial charge in [-0.05, 0) is 48.4 Å². The van der Waals surface area contributed by atoms with Crippen molar-refractivity contribution in [2.24, 2.45) is 0 Å². The Kier molecular flexibility index (Phi) is 9.87. The van der Waals surface area contributed by atoms with Crippen LogP contribution in [0.25, 0.3) is 0 Å². The maximum atomic E-state index is 14.0. The second-order valence-electron chi connectivity index (χ2n) is 8.30. The number of hydrogen-bond donors (Lipinski definition) is 0. The Morgan fingerprint density at radius 3 is 2.08 bits per heavy atom. The van der Waals surface area contributed by atoms with E-state index in [0.29, 0.717) is 16.7 Å². The highest BCUT2D eigenvalue weighted by molar-refractivity contribution is 7.85. The Morgan fingerprint density at radius 2 is 1.49 bits per heavy atom. The lowest BCUT2D eigenvalue weighted by atomic mass is 9.94. The molecule has 0 aliphatic carbocycles. The van der Waals surface area contributed by atoms with E-state index in [9.17, 15) is 26.8 Å². The third kappa shape index (κ3) is 8.76. The van der Waals surface area contributed by atoms with Gasteiger partial charge in [-0.25, -0.2) is 13.6 Å². The molecule has 196 valence electrons. The van der Waals surface area contributed by atoms with Crippen molar-refractivity contribution in [2.45, 2.75) is 12.3 Å². The topological polar surface area (TPSA) is 90.0 Å². The molecule has 0 saturated heterocycles. The Morgan fingerprint density at radius 1 is 0.865 bits per heavy atom. The molecule has 0 N–H and O–H groups in total. The summed E-state index contributed by atoms with van der Waals surface area (Å²) in [5.74, 6) is -3.61.